The van der Waals surface area contributed by atoms with E-state index >= 15 is 0 Å². The third kappa shape index (κ3) is 3.85. The van der Waals surface area contributed by atoms with Crippen molar-refractivity contribution in [2.75, 3.05) is 19.6 Å². The number of nitrogens with zero attached hydrogens (tertiary/aromatic N) is 1. The molecular formula is C26H35N. The number of rotatable bonds is 6. The Morgan fingerprint density at radius 2 is 1.78 bits per heavy atom. The number of piperidine rings is 1. The number of benzene rings is 2. The van der Waals surface area contributed by atoms with E-state index in [0.717, 1.165) is 5.92 Å². The van der Waals surface area contributed by atoms with Crippen molar-refractivity contribution in [3.05, 3.63) is 71.3 Å². The molecule has 2 fully saturated rings. The van der Waals surface area contributed by atoms with Crippen LogP contribution in [0.3, 0.4) is 0 Å². The molecule has 0 amide bonds. The minimum Gasteiger partial charge on any atom is -0.303 e. The third-order valence-corrected chi connectivity index (χ3v) is 7.26. The summed E-state index contributed by atoms with van der Waals surface area (Å²) in [6, 6.07) is 20.4. The van der Waals surface area contributed by atoms with E-state index in [2.05, 4.69) is 73.3 Å². The lowest BCUT2D eigenvalue weighted by molar-refractivity contribution is 0.110. The average molecular weight is 362 g/mol. The van der Waals surface area contributed by atoms with Gasteiger partial charge in [0, 0.05) is 12.0 Å². The van der Waals surface area contributed by atoms with Crippen molar-refractivity contribution >= 4 is 0 Å². The summed E-state index contributed by atoms with van der Waals surface area (Å²) >= 11 is 0. The molecule has 0 N–H and O–H groups in total. The summed E-state index contributed by atoms with van der Waals surface area (Å²) in [5, 5.41) is 0. The van der Waals surface area contributed by atoms with Gasteiger partial charge in [0.15, 0.2) is 0 Å². The summed E-state index contributed by atoms with van der Waals surface area (Å²) in [4.78, 5) is 2.76. The molecule has 1 saturated heterocycles. The monoisotopic (exact) mass is 361 g/mol. The molecule has 1 saturated carbocycles. The molecule has 2 aromatic rings. The van der Waals surface area contributed by atoms with Crippen LogP contribution in [0.4, 0.5) is 0 Å². The predicted molar refractivity (Wildman–Crippen MR) is 115 cm³/mol. The fraction of sp³-hybridized carbons (Fsp3) is 0.538. The van der Waals surface area contributed by atoms with E-state index in [9.17, 15) is 0 Å². The molecular weight excluding hydrogens is 326 g/mol. The van der Waals surface area contributed by atoms with Gasteiger partial charge in [-0.25, -0.2) is 0 Å². The van der Waals surface area contributed by atoms with Gasteiger partial charge in [-0.05, 0) is 73.7 Å². The fourth-order valence-electron chi connectivity index (χ4n) is 5.82. The van der Waals surface area contributed by atoms with E-state index in [1.807, 2.05) is 0 Å². The molecule has 2 aromatic carbocycles. The molecule has 0 bridgehead atoms. The van der Waals surface area contributed by atoms with Crippen molar-refractivity contribution in [3.8, 4) is 0 Å². The molecule has 27 heavy (non-hydrogen) atoms. The standard InChI is InChI=1S/C26H35N/c1-21(2)25-15-7-6-10-22(25)11-9-18-27-19-17-26(16-8-14-24(26)20-27)23-12-4-3-5-13-23/h3-7,10,12-13,15,21,24H,8-9,11,14,16-20H2,1-2H3. The second kappa shape index (κ2) is 8.19. The predicted octanol–water partition coefficient (Wildman–Crippen LogP) is 6.19. The summed E-state index contributed by atoms with van der Waals surface area (Å²) in [6.45, 7) is 8.46. The topological polar surface area (TPSA) is 3.24 Å². The van der Waals surface area contributed by atoms with Crippen LogP contribution in [0, 0.1) is 5.92 Å². The van der Waals surface area contributed by atoms with Gasteiger partial charge in [0.2, 0.25) is 0 Å². The van der Waals surface area contributed by atoms with Crippen molar-refractivity contribution in [2.24, 2.45) is 5.92 Å². The van der Waals surface area contributed by atoms with Gasteiger partial charge in [-0.15, -0.1) is 0 Å². The van der Waals surface area contributed by atoms with Gasteiger partial charge in [-0.1, -0.05) is 74.9 Å². The van der Waals surface area contributed by atoms with Gasteiger partial charge in [-0.3, -0.25) is 0 Å². The van der Waals surface area contributed by atoms with E-state index in [1.165, 1.54) is 63.7 Å². The molecule has 0 radical (unpaired) electrons. The van der Waals surface area contributed by atoms with Crippen molar-refractivity contribution in [1.82, 2.24) is 4.90 Å². The summed E-state index contributed by atoms with van der Waals surface area (Å²) in [5.74, 6) is 1.48. The quantitative estimate of drug-likeness (QED) is 0.593. The number of hydrogen-bond acceptors (Lipinski definition) is 1. The average Bonchev–Trinajstić information content (AvgIpc) is 3.13. The van der Waals surface area contributed by atoms with Gasteiger partial charge in [0.25, 0.3) is 0 Å². The fourth-order valence-corrected chi connectivity index (χ4v) is 5.82. The molecule has 2 unspecified atom stereocenters. The van der Waals surface area contributed by atoms with E-state index in [1.54, 1.807) is 11.1 Å². The maximum absolute atomic E-state index is 2.76. The van der Waals surface area contributed by atoms with E-state index in [-0.39, 0.29) is 0 Å². The maximum Gasteiger partial charge on any atom is 0.00182 e. The Morgan fingerprint density at radius 3 is 2.59 bits per heavy atom. The van der Waals surface area contributed by atoms with E-state index < -0.39 is 0 Å². The van der Waals surface area contributed by atoms with Crippen LogP contribution >= 0.6 is 0 Å². The Hall–Kier alpha value is -1.60. The van der Waals surface area contributed by atoms with Crippen LogP contribution in [-0.4, -0.2) is 24.5 Å². The van der Waals surface area contributed by atoms with Gasteiger partial charge < -0.3 is 4.90 Å². The summed E-state index contributed by atoms with van der Waals surface area (Å²) in [6.07, 6.45) is 8.09. The molecule has 0 aromatic heterocycles. The Morgan fingerprint density at radius 1 is 1.00 bits per heavy atom. The first-order valence-electron chi connectivity index (χ1n) is 11.0. The number of hydrogen-bond donors (Lipinski definition) is 0. The highest BCUT2D eigenvalue weighted by molar-refractivity contribution is 5.30. The summed E-state index contributed by atoms with van der Waals surface area (Å²) in [5.41, 5.74) is 5.18. The Labute approximate surface area is 165 Å². The molecule has 1 aliphatic carbocycles. The van der Waals surface area contributed by atoms with Crippen molar-refractivity contribution in [3.63, 3.8) is 0 Å². The smallest absolute Gasteiger partial charge is 0.00182 e. The van der Waals surface area contributed by atoms with Crippen LogP contribution < -0.4 is 0 Å². The van der Waals surface area contributed by atoms with Crippen LogP contribution in [0.15, 0.2) is 54.6 Å². The van der Waals surface area contributed by atoms with Crippen LogP contribution in [0.25, 0.3) is 0 Å². The zero-order valence-corrected chi connectivity index (χ0v) is 17.2. The minimum atomic E-state index is 0.474. The number of likely N-dealkylation sites (tertiary alicyclic amines) is 1. The van der Waals surface area contributed by atoms with Crippen molar-refractivity contribution in [2.45, 2.75) is 63.7 Å². The molecule has 2 atom stereocenters. The highest BCUT2D eigenvalue weighted by atomic mass is 15.1. The van der Waals surface area contributed by atoms with E-state index in [0.29, 0.717) is 11.3 Å². The lowest BCUT2D eigenvalue weighted by atomic mass is 9.68. The number of fused-ring (bicyclic) bond motifs is 1. The molecule has 0 spiro atoms. The third-order valence-electron chi connectivity index (χ3n) is 7.26. The normalized spacial score (nSPS) is 25.7. The van der Waals surface area contributed by atoms with Crippen LogP contribution in [0.2, 0.25) is 0 Å². The van der Waals surface area contributed by atoms with Gasteiger partial charge in [-0.2, -0.15) is 0 Å². The zero-order valence-electron chi connectivity index (χ0n) is 17.2. The van der Waals surface area contributed by atoms with Crippen LogP contribution in [-0.2, 0) is 11.8 Å². The summed E-state index contributed by atoms with van der Waals surface area (Å²) in [7, 11) is 0. The Kier molecular flexibility index (Phi) is 5.68. The lowest BCUT2D eigenvalue weighted by Gasteiger charge is -2.45. The van der Waals surface area contributed by atoms with Crippen LogP contribution in [0.5, 0.6) is 0 Å². The van der Waals surface area contributed by atoms with Crippen molar-refractivity contribution < 1.29 is 0 Å². The van der Waals surface area contributed by atoms with Crippen LogP contribution in [0.1, 0.15) is 68.6 Å². The highest BCUT2D eigenvalue weighted by Gasteiger charge is 2.46. The van der Waals surface area contributed by atoms with Crippen molar-refractivity contribution in [1.29, 1.82) is 0 Å². The molecule has 144 valence electrons. The first-order valence-corrected chi connectivity index (χ1v) is 11.0. The van der Waals surface area contributed by atoms with E-state index in [4.69, 9.17) is 0 Å². The molecule has 1 heterocycles. The molecule has 4 rings (SSSR count). The largest absolute Gasteiger partial charge is 0.303 e. The van der Waals surface area contributed by atoms with Gasteiger partial charge in [0.1, 0.15) is 0 Å². The summed E-state index contributed by atoms with van der Waals surface area (Å²) < 4.78 is 0. The molecule has 2 aliphatic rings. The Balaban J connectivity index is 1.36. The lowest BCUT2D eigenvalue weighted by Crippen LogP contribution is -2.47. The zero-order chi connectivity index (χ0) is 18.7. The molecule has 1 heteroatoms. The first-order chi connectivity index (χ1) is 13.2. The highest BCUT2D eigenvalue weighted by Crippen LogP contribution is 2.50. The first kappa shape index (κ1) is 18.7. The maximum atomic E-state index is 2.76. The molecule has 1 aliphatic heterocycles. The number of aryl methyl sites for hydroxylation is 1. The second-order valence-corrected chi connectivity index (χ2v) is 9.12. The Bertz CT molecular complexity index is 735. The van der Waals surface area contributed by atoms with Gasteiger partial charge >= 0.3 is 0 Å². The van der Waals surface area contributed by atoms with Gasteiger partial charge in [0.05, 0.1) is 0 Å². The molecule has 1 nitrogen and oxygen atoms in total. The minimum absolute atomic E-state index is 0.474. The SMILES string of the molecule is CC(C)c1ccccc1CCCN1CCC2(c3ccccc3)CCCC2C1. The second-order valence-electron chi connectivity index (χ2n) is 9.12.